The third-order valence-corrected chi connectivity index (χ3v) is 4.04. The van der Waals surface area contributed by atoms with Crippen molar-refractivity contribution >= 4 is 38.9 Å². The number of rotatable bonds is 2. The predicted octanol–water partition coefficient (Wildman–Crippen LogP) is 5.07. The number of nitrogens with one attached hydrogen (secondary N) is 1. The fourth-order valence-electron chi connectivity index (χ4n) is 2.63. The van der Waals surface area contributed by atoms with Crippen LogP contribution in [0.3, 0.4) is 0 Å². The zero-order chi connectivity index (χ0) is 17.5. The number of alkyl halides is 3. The molecule has 4 nitrogen and oxygen atoms in total. The Balaban J connectivity index is 2.10. The standard InChI is InChI=1S/C16H12BrF3N2O2/c1-2-22-13-5-3-9(17)7-11(13)15(23)21-12-8-10(4-6-14(12)22)24-16(18,19)20/h3-8H,2H2,1H3,(H,21,23). The molecule has 0 atom stereocenters. The third kappa shape index (κ3) is 3.19. The van der Waals surface area contributed by atoms with Crippen LogP contribution in [0.25, 0.3) is 0 Å². The quantitative estimate of drug-likeness (QED) is 0.764. The van der Waals surface area contributed by atoms with E-state index in [9.17, 15) is 18.0 Å². The Labute approximate surface area is 144 Å². The van der Waals surface area contributed by atoms with Gasteiger partial charge in [0.15, 0.2) is 0 Å². The number of nitrogens with zero attached hydrogens (tertiary/aromatic N) is 1. The van der Waals surface area contributed by atoms with Crippen LogP contribution in [-0.4, -0.2) is 18.8 Å². The summed E-state index contributed by atoms with van der Waals surface area (Å²) in [5, 5.41) is 2.65. The third-order valence-electron chi connectivity index (χ3n) is 3.55. The molecule has 1 aliphatic heterocycles. The van der Waals surface area contributed by atoms with Gasteiger partial charge in [-0.2, -0.15) is 0 Å². The molecule has 2 aromatic carbocycles. The van der Waals surface area contributed by atoms with Crippen LogP contribution in [0.5, 0.6) is 5.75 Å². The number of ether oxygens (including phenoxy) is 1. The second-order valence-corrected chi connectivity index (χ2v) is 6.00. The summed E-state index contributed by atoms with van der Waals surface area (Å²) in [6.45, 7) is 2.43. The molecule has 0 radical (unpaired) electrons. The topological polar surface area (TPSA) is 41.6 Å². The first-order valence-electron chi connectivity index (χ1n) is 7.06. The number of carbonyl (C=O) groups is 1. The number of hydrogen-bond donors (Lipinski definition) is 1. The number of benzene rings is 2. The smallest absolute Gasteiger partial charge is 0.406 e. The van der Waals surface area contributed by atoms with Gasteiger partial charge in [-0.25, -0.2) is 0 Å². The van der Waals surface area contributed by atoms with E-state index in [0.717, 1.165) is 4.47 Å². The van der Waals surface area contributed by atoms with Crippen LogP contribution in [0, 0.1) is 0 Å². The van der Waals surface area contributed by atoms with Crippen LogP contribution in [-0.2, 0) is 0 Å². The van der Waals surface area contributed by atoms with Crippen molar-refractivity contribution in [1.29, 1.82) is 0 Å². The Morgan fingerprint density at radius 1 is 1.17 bits per heavy atom. The van der Waals surface area contributed by atoms with Crippen LogP contribution in [0.1, 0.15) is 17.3 Å². The Hall–Kier alpha value is -2.22. The van der Waals surface area contributed by atoms with Crippen LogP contribution < -0.4 is 15.0 Å². The van der Waals surface area contributed by atoms with Crippen molar-refractivity contribution in [1.82, 2.24) is 0 Å². The monoisotopic (exact) mass is 400 g/mol. The molecule has 0 saturated carbocycles. The summed E-state index contributed by atoms with van der Waals surface area (Å²) in [7, 11) is 0. The predicted molar refractivity (Wildman–Crippen MR) is 87.9 cm³/mol. The number of hydrogen-bond acceptors (Lipinski definition) is 3. The van der Waals surface area contributed by atoms with Gasteiger partial charge in [0.2, 0.25) is 0 Å². The van der Waals surface area contributed by atoms with Gasteiger partial charge in [-0.15, -0.1) is 13.2 Å². The maximum absolute atomic E-state index is 12.5. The van der Waals surface area contributed by atoms with Crippen LogP contribution in [0.4, 0.5) is 30.2 Å². The number of fused-ring (bicyclic) bond motifs is 2. The van der Waals surface area contributed by atoms with Gasteiger partial charge in [-0.3, -0.25) is 4.79 Å². The fourth-order valence-corrected chi connectivity index (χ4v) is 2.99. The molecule has 126 valence electrons. The summed E-state index contributed by atoms with van der Waals surface area (Å²) in [6.07, 6.45) is -4.79. The zero-order valence-corrected chi connectivity index (χ0v) is 14.0. The van der Waals surface area contributed by atoms with E-state index in [1.165, 1.54) is 18.2 Å². The molecule has 0 unspecified atom stereocenters. The van der Waals surface area contributed by atoms with Crippen molar-refractivity contribution in [2.75, 3.05) is 16.8 Å². The minimum atomic E-state index is -4.79. The van der Waals surface area contributed by atoms with E-state index in [4.69, 9.17) is 0 Å². The molecule has 1 N–H and O–H groups in total. The minimum absolute atomic E-state index is 0.260. The summed E-state index contributed by atoms with van der Waals surface area (Å²) < 4.78 is 41.9. The summed E-state index contributed by atoms with van der Waals surface area (Å²) in [4.78, 5) is 14.3. The lowest BCUT2D eigenvalue weighted by Crippen LogP contribution is -2.18. The highest BCUT2D eigenvalue weighted by Crippen LogP contribution is 2.40. The van der Waals surface area contributed by atoms with Gasteiger partial charge in [0.05, 0.1) is 22.6 Å². The Kier molecular flexibility index (Phi) is 4.16. The lowest BCUT2D eigenvalue weighted by molar-refractivity contribution is -0.274. The lowest BCUT2D eigenvalue weighted by atomic mass is 10.1. The largest absolute Gasteiger partial charge is 0.573 e. The summed E-state index contributed by atoms with van der Waals surface area (Å²) in [5.74, 6) is -0.780. The van der Waals surface area contributed by atoms with Crippen molar-refractivity contribution < 1.29 is 22.7 Å². The number of amides is 1. The van der Waals surface area contributed by atoms with Gasteiger partial charge in [-0.1, -0.05) is 15.9 Å². The van der Waals surface area contributed by atoms with Crippen molar-refractivity contribution in [3.63, 3.8) is 0 Å². The molecule has 0 bridgehead atoms. The van der Waals surface area contributed by atoms with Gasteiger partial charge >= 0.3 is 6.36 Å². The molecule has 3 rings (SSSR count). The highest BCUT2D eigenvalue weighted by atomic mass is 79.9. The average Bonchev–Trinajstić information content (AvgIpc) is 2.59. The van der Waals surface area contributed by atoms with Crippen molar-refractivity contribution in [2.45, 2.75) is 13.3 Å². The first-order chi connectivity index (χ1) is 11.3. The SMILES string of the molecule is CCN1c2ccc(OC(F)(F)F)cc2NC(=O)c2cc(Br)ccc21. The molecule has 0 spiro atoms. The molecule has 0 aliphatic carbocycles. The summed E-state index contributed by atoms with van der Waals surface area (Å²) in [5.41, 5.74) is 1.97. The summed E-state index contributed by atoms with van der Waals surface area (Å²) >= 11 is 3.32. The van der Waals surface area contributed by atoms with Crippen LogP contribution in [0.2, 0.25) is 0 Å². The maximum Gasteiger partial charge on any atom is 0.573 e. The summed E-state index contributed by atoms with van der Waals surface area (Å²) in [6, 6.07) is 9.16. The van der Waals surface area contributed by atoms with E-state index in [0.29, 0.717) is 23.5 Å². The van der Waals surface area contributed by atoms with E-state index >= 15 is 0 Å². The average molecular weight is 401 g/mol. The van der Waals surface area contributed by atoms with Crippen molar-refractivity contribution in [2.24, 2.45) is 0 Å². The normalized spacial score (nSPS) is 13.7. The molecule has 2 aromatic rings. The van der Waals surface area contributed by atoms with E-state index in [1.54, 1.807) is 18.2 Å². The molecule has 0 aromatic heterocycles. The number of anilines is 3. The second-order valence-electron chi connectivity index (χ2n) is 5.09. The van der Waals surface area contributed by atoms with Gasteiger partial charge in [0.25, 0.3) is 5.91 Å². The van der Waals surface area contributed by atoms with Crippen LogP contribution >= 0.6 is 15.9 Å². The fraction of sp³-hybridized carbons (Fsp3) is 0.188. The highest BCUT2D eigenvalue weighted by molar-refractivity contribution is 9.10. The second kappa shape index (κ2) is 6.01. The Morgan fingerprint density at radius 3 is 2.54 bits per heavy atom. The molecular formula is C16H12BrF3N2O2. The van der Waals surface area contributed by atoms with Gasteiger partial charge in [0.1, 0.15) is 5.75 Å². The van der Waals surface area contributed by atoms with E-state index in [-0.39, 0.29) is 11.4 Å². The molecule has 0 fully saturated rings. The minimum Gasteiger partial charge on any atom is -0.406 e. The first kappa shape index (κ1) is 16.6. The zero-order valence-electron chi connectivity index (χ0n) is 12.4. The molecule has 1 heterocycles. The molecule has 1 aliphatic rings. The highest BCUT2D eigenvalue weighted by Gasteiger charge is 2.32. The van der Waals surface area contributed by atoms with Crippen molar-refractivity contribution in [3.8, 4) is 5.75 Å². The first-order valence-corrected chi connectivity index (χ1v) is 7.86. The Morgan fingerprint density at radius 2 is 1.88 bits per heavy atom. The molecule has 0 saturated heterocycles. The lowest BCUT2D eigenvalue weighted by Gasteiger charge is -2.24. The van der Waals surface area contributed by atoms with Crippen molar-refractivity contribution in [3.05, 3.63) is 46.4 Å². The molecule has 1 amide bonds. The van der Waals surface area contributed by atoms with Gasteiger partial charge in [0, 0.05) is 17.1 Å². The van der Waals surface area contributed by atoms with Crippen LogP contribution in [0.15, 0.2) is 40.9 Å². The molecular weight excluding hydrogens is 389 g/mol. The number of halogens is 4. The molecule has 24 heavy (non-hydrogen) atoms. The van der Waals surface area contributed by atoms with Gasteiger partial charge in [-0.05, 0) is 37.3 Å². The van der Waals surface area contributed by atoms with E-state index < -0.39 is 12.3 Å². The van der Waals surface area contributed by atoms with E-state index in [1.807, 2.05) is 11.8 Å². The maximum atomic E-state index is 12.5. The Bertz CT molecular complexity index is 808. The number of carbonyl (C=O) groups excluding carboxylic acids is 1. The van der Waals surface area contributed by atoms with E-state index in [2.05, 4.69) is 26.0 Å². The molecule has 8 heteroatoms. The van der Waals surface area contributed by atoms with Gasteiger partial charge < -0.3 is 15.0 Å².